The molecule has 0 aromatic carbocycles. The molecule has 2 unspecified atom stereocenters. The predicted molar refractivity (Wildman–Crippen MR) is 67.2 cm³/mol. The van der Waals surface area contributed by atoms with E-state index in [0.717, 1.165) is 17.8 Å². The van der Waals surface area contributed by atoms with E-state index in [-0.39, 0.29) is 11.6 Å². The van der Waals surface area contributed by atoms with Gasteiger partial charge in [-0.25, -0.2) is 0 Å². The fraction of sp³-hybridized carbons (Fsp3) is 0.583. The van der Waals surface area contributed by atoms with Crippen molar-refractivity contribution in [3.8, 4) is 0 Å². The first kappa shape index (κ1) is 13.6. The zero-order chi connectivity index (χ0) is 13.0. The first-order chi connectivity index (χ1) is 7.97. The van der Waals surface area contributed by atoms with Gasteiger partial charge < -0.3 is 5.32 Å². The smallest absolute Gasteiger partial charge is 0.287 e. The Morgan fingerprint density at radius 1 is 1.53 bits per heavy atom. The van der Waals surface area contributed by atoms with Gasteiger partial charge in [0.2, 0.25) is 0 Å². The fourth-order valence-electron chi connectivity index (χ4n) is 1.88. The molecule has 0 amide bonds. The van der Waals surface area contributed by atoms with E-state index >= 15 is 0 Å². The summed E-state index contributed by atoms with van der Waals surface area (Å²) in [6.45, 7) is 8.99. The van der Waals surface area contributed by atoms with Gasteiger partial charge in [-0.15, -0.1) is 0 Å². The van der Waals surface area contributed by atoms with Crippen molar-refractivity contribution in [1.29, 1.82) is 0 Å². The monoisotopic (exact) mass is 237 g/mol. The van der Waals surface area contributed by atoms with Gasteiger partial charge in [0.1, 0.15) is 6.20 Å². The molecule has 0 aliphatic rings. The second-order valence-corrected chi connectivity index (χ2v) is 4.29. The summed E-state index contributed by atoms with van der Waals surface area (Å²) >= 11 is 0. The lowest BCUT2D eigenvalue weighted by atomic mass is 9.95. The molecular formula is C12H19N3O2. The number of aromatic nitrogens is 1. The van der Waals surface area contributed by atoms with Gasteiger partial charge in [-0.3, -0.25) is 15.1 Å². The molecular weight excluding hydrogens is 218 g/mol. The van der Waals surface area contributed by atoms with Gasteiger partial charge in [-0.1, -0.05) is 13.8 Å². The summed E-state index contributed by atoms with van der Waals surface area (Å²) in [6.07, 6.45) is 1.33. The standard InChI is InChI=1S/C12H19N3O2/c1-5-13-10(4)9(3)12-8(2)6-11(7-14-12)15(16)17/h6-7,9-10,13H,5H2,1-4H3. The Morgan fingerprint density at radius 3 is 2.65 bits per heavy atom. The number of pyridine rings is 1. The van der Waals surface area contributed by atoms with Crippen molar-refractivity contribution in [2.45, 2.75) is 39.7 Å². The van der Waals surface area contributed by atoms with Gasteiger partial charge in [-0.05, 0) is 26.0 Å². The van der Waals surface area contributed by atoms with Crippen LogP contribution in [-0.2, 0) is 0 Å². The van der Waals surface area contributed by atoms with E-state index in [0.29, 0.717) is 6.04 Å². The summed E-state index contributed by atoms with van der Waals surface area (Å²) in [5, 5.41) is 14.0. The number of rotatable bonds is 5. The number of aryl methyl sites for hydroxylation is 1. The van der Waals surface area contributed by atoms with Crippen LogP contribution in [0.15, 0.2) is 12.3 Å². The predicted octanol–water partition coefficient (Wildman–Crippen LogP) is 2.40. The molecule has 0 saturated heterocycles. The highest BCUT2D eigenvalue weighted by Crippen LogP contribution is 2.23. The first-order valence-electron chi connectivity index (χ1n) is 5.81. The van der Waals surface area contributed by atoms with Crippen molar-refractivity contribution < 1.29 is 4.92 Å². The van der Waals surface area contributed by atoms with Crippen molar-refractivity contribution in [2.75, 3.05) is 6.54 Å². The van der Waals surface area contributed by atoms with Crippen LogP contribution >= 0.6 is 0 Å². The van der Waals surface area contributed by atoms with Crippen molar-refractivity contribution in [2.24, 2.45) is 0 Å². The summed E-state index contributed by atoms with van der Waals surface area (Å²) in [5.41, 5.74) is 1.84. The number of nitro groups is 1. The highest BCUT2D eigenvalue weighted by molar-refractivity contribution is 5.35. The molecule has 1 rings (SSSR count). The van der Waals surface area contributed by atoms with E-state index in [2.05, 4.69) is 31.1 Å². The first-order valence-corrected chi connectivity index (χ1v) is 5.81. The number of likely N-dealkylation sites (N-methyl/N-ethyl adjacent to an activating group) is 1. The average molecular weight is 237 g/mol. The topological polar surface area (TPSA) is 68.1 Å². The van der Waals surface area contributed by atoms with Gasteiger partial charge in [0.15, 0.2) is 0 Å². The molecule has 94 valence electrons. The Hall–Kier alpha value is -1.49. The second-order valence-electron chi connectivity index (χ2n) is 4.29. The minimum Gasteiger partial charge on any atom is -0.314 e. The van der Waals surface area contributed by atoms with Crippen molar-refractivity contribution >= 4 is 5.69 Å². The Kier molecular flexibility index (Phi) is 4.57. The third-order valence-corrected chi connectivity index (χ3v) is 3.02. The number of hydrogen-bond donors (Lipinski definition) is 1. The highest BCUT2D eigenvalue weighted by Gasteiger charge is 2.18. The minimum atomic E-state index is -0.415. The lowest BCUT2D eigenvalue weighted by Gasteiger charge is -2.21. The molecule has 5 heteroatoms. The zero-order valence-corrected chi connectivity index (χ0v) is 10.7. The number of nitrogens with zero attached hydrogens (tertiary/aromatic N) is 2. The SMILES string of the molecule is CCNC(C)C(C)c1ncc([N+](=O)[O-])cc1C. The molecule has 0 radical (unpaired) electrons. The molecule has 0 spiro atoms. The van der Waals surface area contributed by atoms with Crippen LogP contribution in [0.5, 0.6) is 0 Å². The molecule has 0 aliphatic heterocycles. The van der Waals surface area contributed by atoms with Gasteiger partial charge in [0, 0.05) is 23.7 Å². The van der Waals surface area contributed by atoms with Gasteiger partial charge in [0.25, 0.3) is 5.69 Å². The van der Waals surface area contributed by atoms with Crippen molar-refractivity contribution in [3.05, 3.63) is 33.6 Å². The van der Waals surface area contributed by atoms with Gasteiger partial charge in [0.05, 0.1) is 4.92 Å². The van der Waals surface area contributed by atoms with E-state index in [1.54, 1.807) is 6.07 Å². The molecule has 2 atom stereocenters. The summed E-state index contributed by atoms with van der Waals surface area (Å²) in [5.74, 6) is 0.232. The third kappa shape index (κ3) is 3.23. The summed E-state index contributed by atoms with van der Waals surface area (Å²) < 4.78 is 0. The molecule has 0 fully saturated rings. The van der Waals surface area contributed by atoms with Gasteiger partial charge >= 0.3 is 0 Å². The summed E-state index contributed by atoms with van der Waals surface area (Å²) in [6, 6.07) is 1.88. The van der Waals surface area contributed by atoms with Crippen LogP contribution < -0.4 is 5.32 Å². The quantitative estimate of drug-likeness (QED) is 0.630. The molecule has 1 aromatic rings. The lowest BCUT2D eigenvalue weighted by Crippen LogP contribution is -2.31. The van der Waals surface area contributed by atoms with Crippen molar-refractivity contribution in [3.63, 3.8) is 0 Å². The van der Waals surface area contributed by atoms with Crippen LogP contribution in [0.1, 0.15) is 37.9 Å². The van der Waals surface area contributed by atoms with Crippen LogP contribution in [0, 0.1) is 17.0 Å². The maximum absolute atomic E-state index is 10.6. The molecule has 0 bridgehead atoms. The van der Waals surface area contributed by atoms with Crippen LogP contribution in [0.4, 0.5) is 5.69 Å². The van der Waals surface area contributed by atoms with Crippen LogP contribution in [0.2, 0.25) is 0 Å². The van der Waals surface area contributed by atoms with Gasteiger partial charge in [-0.2, -0.15) is 0 Å². The largest absolute Gasteiger partial charge is 0.314 e. The molecule has 1 aromatic heterocycles. The van der Waals surface area contributed by atoms with Crippen LogP contribution in [0.3, 0.4) is 0 Å². The van der Waals surface area contributed by atoms with Crippen molar-refractivity contribution in [1.82, 2.24) is 10.3 Å². The molecule has 5 nitrogen and oxygen atoms in total. The second kappa shape index (κ2) is 5.72. The Bertz CT molecular complexity index is 407. The van der Waals surface area contributed by atoms with E-state index < -0.39 is 4.92 Å². The molecule has 17 heavy (non-hydrogen) atoms. The molecule has 1 N–H and O–H groups in total. The van der Waals surface area contributed by atoms with Crippen LogP contribution in [0.25, 0.3) is 0 Å². The Labute approximate surface area is 101 Å². The fourth-order valence-corrected chi connectivity index (χ4v) is 1.88. The molecule has 0 saturated carbocycles. The summed E-state index contributed by atoms with van der Waals surface area (Å²) in [4.78, 5) is 14.4. The Balaban J connectivity index is 2.95. The molecule has 0 aliphatic carbocycles. The zero-order valence-electron chi connectivity index (χ0n) is 10.7. The van der Waals surface area contributed by atoms with E-state index in [4.69, 9.17) is 0 Å². The summed E-state index contributed by atoms with van der Waals surface area (Å²) in [7, 11) is 0. The maximum atomic E-state index is 10.6. The highest BCUT2D eigenvalue weighted by atomic mass is 16.6. The number of hydrogen-bond acceptors (Lipinski definition) is 4. The van der Waals surface area contributed by atoms with E-state index in [9.17, 15) is 10.1 Å². The lowest BCUT2D eigenvalue weighted by molar-refractivity contribution is -0.385. The normalized spacial score (nSPS) is 14.4. The maximum Gasteiger partial charge on any atom is 0.287 e. The molecule has 1 heterocycles. The Morgan fingerprint density at radius 2 is 2.18 bits per heavy atom. The number of nitrogens with one attached hydrogen (secondary N) is 1. The van der Waals surface area contributed by atoms with E-state index in [1.807, 2.05) is 6.92 Å². The minimum absolute atomic E-state index is 0.0505. The average Bonchev–Trinajstić information content (AvgIpc) is 2.28. The van der Waals surface area contributed by atoms with E-state index in [1.165, 1.54) is 6.20 Å². The van der Waals surface area contributed by atoms with Crippen LogP contribution in [-0.4, -0.2) is 22.5 Å². The third-order valence-electron chi connectivity index (χ3n) is 3.02.